The molecule has 2 aliphatic heterocycles. The molecule has 41 heavy (non-hydrogen) atoms. The summed E-state index contributed by atoms with van der Waals surface area (Å²) in [6.45, 7) is 2.39. The van der Waals surface area contributed by atoms with Crippen LogP contribution in [0.3, 0.4) is 0 Å². The molecule has 1 aliphatic carbocycles. The number of hydrogen-bond acceptors (Lipinski definition) is 6. The quantitative estimate of drug-likeness (QED) is 0.180. The van der Waals surface area contributed by atoms with Crippen molar-refractivity contribution in [3.63, 3.8) is 0 Å². The van der Waals surface area contributed by atoms with E-state index in [4.69, 9.17) is 14.2 Å². The normalized spacial score (nSPS) is 22.9. The number of allylic oxidation sites excluding steroid dienone is 1. The van der Waals surface area contributed by atoms with Crippen LogP contribution in [0, 0.1) is 17.8 Å². The Bertz CT molecular complexity index is 1740. The van der Waals surface area contributed by atoms with Gasteiger partial charge in [-0.2, -0.15) is 0 Å². The Kier molecular flexibility index (Phi) is 5.89. The van der Waals surface area contributed by atoms with Gasteiger partial charge >= 0.3 is 5.97 Å². The average Bonchev–Trinajstić information content (AvgIpc) is 3.26. The molecule has 4 atom stereocenters. The minimum Gasteiger partial charge on any atom is -0.497 e. The molecule has 0 spiro atoms. The predicted molar refractivity (Wildman–Crippen MR) is 154 cm³/mol. The first kappa shape index (κ1) is 25.1. The van der Waals surface area contributed by atoms with Gasteiger partial charge in [-0.05, 0) is 71.3 Å². The number of imide groups is 1. The summed E-state index contributed by atoms with van der Waals surface area (Å²) in [4.78, 5) is 43.3. The minimum atomic E-state index is -0.916. The second kappa shape index (κ2) is 9.63. The predicted octanol–water partition coefficient (Wildman–Crippen LogP) is 5.77. The summed E-state index contributed by atoms with van der Waals surface area (Å²) < 4.78 is 16.8. The fraction of sp³-hybridized carbons (Fsp3) is 0.206. The molecule has 7 rings (SSSR count). The molecule has 7 heteroatoms. The molecule has 4 aromatic carbocycles. The molecular weight excluding hydrogens is 518 g/mol. The van der Waals surface area contributed by atoms with E-state index in [0.717, 1.165) is 27.5 Å². The second-order valence-electron chi connectivity index (χ2n) is 10.5. The SMILES string of the molecule is CCOc1ccc(N2C(=O)[C@@H]3[C@@H]4C(=O)Oc5ccc6ccccc6c5C4=C[C@H](c4ccc(OC)cc4)[C@H]3C2=O)cc1. The lowest BCUT2D eigenvalue weighted by Gasteiger charge is -2.38. The van der Waals surface area contributed by atoms with E-state index < -0.39 is 35.5 Å². The highest BCUT2D eigenvalue weighted by atomic mass is 16.5. The van der Waals surface area contributed by atoms with Gasteiger partial charge in [0.2, 0.25) is 11.8 Å². The van der Waals surface area contributed by atoms with E-state index in [2.05, 4.69) is 0 Å². The zero-order valence-electron chi connectivity index (χ0n) is 22.6. The molecule has 1 fully saturated rings. The topological polar surface area (TPSA) is 82.1 Å². The van der Waals surface area contributed by atoms with Crippen molar-refractivity contribution in [2.75, 3.05) is 18.6 Å². The summed E-state index contributed by atoms with van der Waals surface area (Å²) >= 11 is 0. The largest absolute Gasteiger partial charge is 0.497 e. The summed E-state index contributed by atoms with van der Waals surface area (Å²) in [6.07, 6.45) is 2.01. The number of hydrogen-bond donors (Lipinski definition) is 0. The highest BCUT2D eigenvalue weighted by Gasteiger charge is 2.60. The van der Waals surface area contributed by atoms with E-state index in [-0.39, 0.29) is 5.91 Å². The van der Waals surface area contributed by atoms with Crippen LogP contribution in [0.15, 0.2) is 91.0 Å². The second-order valence-corrected chi connectivity index (χ2v) is 10.5. The van der Waals surface area contributed by atoms with Crippen molar-refractivity contribution < 1.29 is 28.6 Å². The molecule has 2 amide bonds. The molecule has 0 saturated carbocycles. The first-order valence-electron chi connectivity index (χ1n) is 13.7. The molecule has 204 valence electrons. The summed E-state index contributed by atoms with van der Waals surface area (Å²) in [5.74, 6) is -2.51. The Labute approximate surface area is 236 Å². The fourth-order valence-electron chi connectivity index (χ4n) is 6.60. The van der Waals surface area contributed by atoms with Crippen LogP contribution >= 0.6 is 0 Å². The summed E-state index contributed by atoms with van der Waals surface area (Å²) in [5.41, 5.74) is 2.83. The van der Waals surface area contributed by atoms with Crippen LogP contribution in [0.2, 0.25) is 0 Å². The van der Waals surface area contributed by atoms with Crippen molar-refractivity contribution >= 4 is 39.8 Å². The number of carbonyl (C=O) groups excluding carboxylic acids is 3. The highest BCUT2D eigenvalue weighted by molar-refractivity contribution is 6.25. The van der Waals surface area contributed by atoms with Gasteiger partial charge < -0.3 is 14.2 Å². The Morgan fingerprint density at radius 1 is 0.805 bits per heavy atom. The maximum absolute atomic E-state index is 14.2. The molecule has 3 aliphatic rings. The van der Waals surface area contributed by atoms with Crippen molar-refractivity contribution in [2.24, 2.45) is 17.8 Å². The summed E-state index contributed by atoms with van der Waals surface area (Å²) in [6, 6.07) is 26.0. The molecule has 0 unspecified atom stereocenters. The van der Waals surface area contributed by atoms with Gasteiger partial charge in [0.25, 0.3) is 0 Å². The van der Waals surface area contributed by atoms with E-state index in [9.17, 15) is 14.4 Å². The van der Waals surface area contributed by atoms with Crippen LogP contribution in [0.1, 0.15) is 24.0 Å². The van der Waals surface area contributed by atoms with Crippen molar-refractivity contribution in [1.29, 1.82) is 0 Å². The number of ether oxygens (including phenoxy) is 3. The zero-order valence-corrected chi connectivity index (χ0v) is 22.6. The van der Waals surface area contributed by atoms with Gasteiger partial charge in [0.05, 0.1) is 37.2 Å². The number of fused-ring (bicyclic) bond motifs is 7. The number of benzene rings is 4. The van der Waals surface area contributed by atoms with Crippen molar-refractivity contribution in [3.05, 3.63) is 102 Å². The van der Waals surface area contributed by atoms with Gasteiger partial charge in [-0.25, -0.2) is 4.90 Å². The van der Waals surface area contributed by atoms with Gasteiger partial charge in [-0.1, -0.05) is 48.5 Å². The third-order valence-corrected chi connectivity index (χ3v) is 8.39. The smallest absolute Gasteiger partial charge is 0.319 e. The minimum absolute atomic E-state index is 0.336. The number of amides is 2. The van der Waals surface area contributed by atoms with E-state index in [1.54, 1.807) is 37.4 Å². The molecule has 0 aromatic heterocycles. The van der Waals surface area contributed by atoms with E-state index in [1.165, 1.54) is 4.90 Å². The molecule has 0 bridgehead atoms. The molecular formula is C34H27NO6. The first-order valence-corrected chi connectivity index (χ1v) is 13.7. The molecule has 0 N–H and O–H groups in total. The van der Waals surface area contributed by atoms with Gasteiger partial charge in [0.1, 0.15) is 17.2 Å². The van der Waals surface area contributed by atoms with E-state index in [0.29, 0.717) is 29.5 Å². The van der Waals surface area contributed by atoms with Crippen molar-refractivity contribution in [3.8, 4) is 17.2 Å². The molecule has 7 nitrogen and oxygen atoms in total. The third kappa shape index (κ3) is 3.84. The first-order chi connectivity index (χ1) is 20.0. The number of esters is 1. The van der Waals surface area contributed by atoms with Crippen molar-refractivity contribution in [1.82, 2.24) is 0 Å². The van der Waals surface area contributed by atoms with E-state index in [1.807, 2.05) is 67.6 Å². The van der Waals surface area contributed by atoms with Crippen LogP contribution in [-0.4, -0.2) is 31.5 Å². The fourth-order valence-corrected chi connectivity index (χ4v) is 6.60. The van der Waals surface area contributed by atoms with Gasteiger partial charge in [-0.15, -0.1) is 0 Å². The zero-order chi connectivity index (χ0) is 28.2. The van der Waals surface area contributed by atoms with E-state index >= 15 is 0 Å². The van der Waals surface area contributed by atoms with Crippen LogP contribution in [0.25, 0.3) is 16.3 Å². The molecule has 1 saturated heterocycles. The van der Waals surface area contributed by atoms with Crippen molar-refractivity contribution in [2.45, 2.75) is 12.8 Å². The number of anilines is 1. The number of carbonyl (C=O) groups is 3. The molecule has 4 aromatic rings. The monoisotopic (exact) mass is 545 g/mol. The summed E-state index contributed by atoms with van der Waals surface area (Å²) in [7, 11) is 1.60. The average molecular weight is 546 g/mol. The maximum atomic E-state index is 14.2. The van der Waals surface area contributed by atoms with Crippen LogP contribution in [0.5, 0.6) is 17.2 Å². The lowest BCUT2D eigenvalue weighted by atomic mass is 9.64. The Hall–Kier alpha value is -4.91. The highest BCUT2D eigenvalue weighted by Crippen LogP contribution is 2.55. The summed E-state index contributed by atoms with van der Waals surface area (Å²) in [5, 5.41) is 1.93. The lowest BCUT2D eigenvalue weighted by Crippen LogP contribution is -2.42. The van der Waals surface area contributed by atoms with Gasteiger partial charge in [0, 0.05) is 11.5 Å². The lowest BCUT2D eigenvalue weighted by molar-refractivity contribution is -0.142. The maximum Gasteiger partial charge on any atom is 0.319 e. The Balaban J connectivity index is 1.42. The molecule has 2 heterocycles. The van der Waals surface area contributed by atoms with Crippen LogP contribution in [0.4, 0.5) is 5.69 Å². The number of rotatable bonds is 5. The Morgan fingerprint density at radius 3 is 2.24 bits per heavy atom. The van der Waals surface area contributed by atoms with Crippen LogP contribution in [-0.2, 0) is 14.4 Å². The van der Waals surface area contributed by atoms with Crippen LogP contribution < -0.4 is 19.1 Å². The number of methoxy groups -OCH3 is 1. The Morgan fingerprint density at radius 2 is 1.51 bits per heavy atom. The standard InChI is InChI=1S/C34H27NO6/c1-3-40-23-15-11-21(12-16-23)35-32(36)29-25(20-8-13-22(39-2)14-9-20)18-26-28-24-7-5-4-6-19(24)10-17-27(28)41-34(38)30(26)31(29)33(35)37/h4-18,25,29-31H,3H2,1-2H3/t25-,29-,30-,31+/m1/s1. The third-order valence-electron chi connectivity index (χ3n) is 8.39. The number of nitrogens with zero attached hydrogens (tertiary/aromatic N) is 1. The van der Waals surface area contributed by atoms with Gasteiger partial charge in [-0.3, -0.25) is 14.4 Å². The van der Waals surface area contributed by atoms with Gasteiger partial charge in [0.15, 0.2) is 0 Å². The molecule has 0 radical (unpaired) electrons.